The van der Waals surface area contributed by atoms with E-state index in [9.17, 15) is 4.79 Å². The van der Waals surface area contributed by atoms with Crippen LogP contribution >= 0.6 is 0 Å². The first-order valence-corrected chi connectivity index (χ1v) is 11.2. The number of hydrogen-bond acceptors (Lipinski definition) is 3. The molecule has 1 aromatic heterocycles. The smallest absolute Gasteiger partial charge is 0.245 e. The van der Waals surface area contributed by atoms with Crippen LogP contribution in [0.3, 0.4) is 0 Å². The van der Waals surface area contributed by atoms with Crippen molar-refractivity contribution in [2.45, 2.75) is 33.7 Å². The van der Waals surface area contributed by atoms with Gasteiger partial charge in [-0.15, -0.1) is 0 Å². The summed E-state index contributed by atoms with van der Waals surface area (Å²) >= 11 is 0. The Hall–Kier alpha value is -3.79. The molecule has 0 spiro atoms. The van der Waals surface area contributed by atoms with Crippen LogP contribution in [-0.4, -0.2) is 12.5 Å². The molecule has 0 aliphatic carbocycles. The maximum Gasteiger partial charge on any atom is 0.245 e. The van der Waals surface area contributed by atoms with Crippen LogP contribution in [0, 0.1) is 13.8 Å². The van der Waals surface area contributed by atoms with E-state index in [1.54, 1.807) is 6.08 Å². The summed E-state index contributed by atoms with van der Waals surface area (Å²) in [6, 6.07) is 23.7. The quantitative estimate of drug-likeness (QED) is 0.324. The molecule has 0 aliphatic heterocycles. The van der Waals surface area contributed by atoms with Crippen molar-refractivity contribution < 1.29 is 13.9 Å². The van der Waals surface area contributed by atoms with Crippen LogP contribution in [0.2, 0.25) is 0 Å². The molecule has 1 heterocycles. The topological polar surface area (TPSA) is 51.5 Å². The number of hydrogen-bond donors (Lipinski definition) is 1. The maximum absolute atomic E-state index is 13.1. The van der Waals surface area contributed by atoms with Crippen molar-refractivity contribution in [3.05, 3.63) is 107 Å². The number of fused-ring (bicyclic) bond motifs is 1. The van der Waals surface area contributed by atoms with Gasteiger partial charge in [0.15, 0.2) is 0 Å². The molecule has 4 heteroatoms. The highest BCUT2D eigenvalue weighted by molar-refractivity contribution is 5.97. The number of carbonyl (C=O) groups is 1. The van der Waals surface area contributed by atoms with Gasteiger partial charge >= 0.3 is 0 Å². The van der Waals surface area contributed by atoms with Gasteiger partial charge < -0.3 is 14.5 Å². The lowest BCUT2D eigenvalue weighted by molar-refractivity contribution is -0.116. The molecule has 0 saturated carbocycles. The van der Waals surface area contributed by atoms with Crippen LogP contribution < -0.4 is 10.1 Å². The summed E-state index contributed by atoms with van der Waals surface area (Å²) in [6.45, 7) is 8.41. The van der Waals surface area contributed by atoms with E-state index in [0.717, 1.165) is 44.6 Å². The molecule has 0 atom stereocenters. The van der Waals surface area contributed by atoms with Gasteiger partial charge in [-0.05, 0) is 56.0 Å². The van der Waals surface area contributed by atoms with E-state index in [4.69, 9.17) is 9.15 Å². The van der Waals surface area contributed by atoms with E-state index < -0.39 is 0 Å². The number of rotatable bonds is 7. The van der Waals surface area contributed by atoms with Crippen molar-refractivity contribution in [1.82, 2.24) is 5.32 Å². The molecular weight excluding hydrogens is 410 g/mol. The van der Waals surface area contributed by atoms with Gasteiger partial charge in [0.2, 0.25) is 5.91 Å². The molecule has 0 saturated heterocycles. The highest BCUT2D eigenvalue weighted by Gasteiger charge is 2.18. The van der Waals surface area contributed by atoms with E-state index in [0.29, 0.717) is 12.4 Å². The van der Waals surface area contributed by atoms with Gasteiger partial charge in [-0.1, -0.05) is 60.7 Å². The molecule has 0 radical (unpaired) electrons. The summed E-state index contributed by atoms with van der Waals surface area (Å²) in [5, 5.41) is 4.21. The van der Waals surface area contributed by atoms with E-state index in [1.807, 2.05) is 94.4 Å². The molecule has 4 nitrogen and oxygen atoms in total. The van der Waals surface area contributed by atoms with Gasteiger partial charge in [0.1, 0.15) is 17.1 Å². The fraction of sp³-hybridized carbons (Fsp3) is 0.207. The Balaban J connectivity index is 1.68. The summed E-state index contributed by atoms with van der Waals surface area (Å²) in [6.07, 6.45) is 1.64. The Kier molecular flexibility index (Phi) is 6.64. The molecule has 0 unspecified atom stereocenters. The highest BCUT2D eigenvalue weighted by Crippen LogP contribution is 2.35. The number of amides is 1. The van der Waals surface area contributed by atoms with Crippen LogP contribution in [0.25, 0.3) is 16.5 Å². The molecule has 0 bridgehead atoms. The van der Waals surface area contributed by atoms with Crippen molar-refractivity contribution in [1.29, 1.82) is 0 Å². The third kappa shape index (κ3) is 4.85. The molecule has 33 heavy (non-hydrogen) atoms. The summed E-state index contributed by atoms with van der Waals surface area (Å²) in [5.74, 6) is 1.44. The van der Waals surface area contributed by atoms with Crippen LogP contribution in [0.15, 0.2) is 83.3 Å². The fourth-order valence-electron chi connectivity index (χ4n) is 4.06. The molecule has 3 aromatic carbocycles. The zero-order chi connectivity index (χ0) is 23.4. The second-order valence-corrected chi connectivity index (χ2v) is 8.15. The normalized spacial score (nSPS) is 11.7. The second kappa shape index (κ2) is 9.78. The van der Waals surface area contributed by atoms with Gasteiger partial charge in [0.25, 0.3) is 0 Å². The Morgan fingerprint density at radius 1 is 1.00 bits per heavy atom. The molecule has 4 rings (SSSR count). The van der Waals surface area contributed by atoms with Crippen LogP contribution in [0.4, 0.5) is 0 Å². The van der Waals surface area contributed by atoms with Crippen molar-refractivity contribution in [2.75, 3.05) is 6.61 Å². The third-order valence-corrected chi connectivity index (χ3v) is 5.90. The van der Waals surface area contributed by atoms with E-state index in [1.165, 1.54) is 0 Å². The second-order valence-electron chi connectivity index (χ2n) is 8.15. The standard InChI is InChI=1S/C29H29NO3/c1-5-32-26-18-27-25(20(3)21(4)33-27)17-24(26)19(2)16-28(31)30-29(22-12-8-6-9-13-22)23-14-10-7-11-15-23/h6-18,29H,5H2,1-4H3,(H,30,31)/b19-16+. The SMILES string of the molecule is CCOc1cc2oc(C)c(C)c2cc1/C(C)=C/C(=O)NC(c1ccccc1)c1ccccc1. The monoisotopic (exact) mass is 439 g/mol. The fourth-order valence-corrected chi connectivity index (χ4v) is 4.06. The lowest BCUT2D eigenvalue weighted by Gasteiger charge is -2.19. The van der Waals surface area contributed by atoms with Gasteiger partial charge in [-0.2, -0.15) is 0 Å². The van der Waals surface area contributed by atoms with E-state index in [-0.39, 0.29) is 11.9 Å². The van der Waals surface area contributed by atoms with E-state index >= 15 is 0 Å². The summed E-state index contributed by atoms with van der Waals surface area (Å²) in [7, 11) is 0. The minimum atomic E-state index is -0.239. The van der Waals surface area contributed by atoms with Crippen LogP contribution in [0.1, 0.15) is 47.9 Å². The average Bonchev–Trinajstić information content (AvgIpc) is 3.10. The van der Waals surface area contributed by atoms with Crippen molar-refractivity contribution in [2.24, 2.45) is 0 Å². The maximum atomic E-state index is 13.1. The van der Waals surface area contributed by atoms with Crippen molar-refractivity contribution >= 4 is 22.4 Å². The Labute approximate surface area is 194 Å². The predicted octanol–water partition coefficient (Wildman–Crippen LogP) is 6.76. The first-order chi connectivity index (χ1) is 16.0. The summed E-state index contributed by atoms with van der Waals surface area (Å²) in [5.41, 5.74) is 5.67. The minimum absolute atomic E-state index is 0.159. The average molecular weight is 440 g/mol. The largest absolute Gasteiger partial charge is 0.493 e. The molecule has 4 aromatic rings. The molecular formula is C29H29NO3. The van der Waals surface area contributed by atoms with Crippen LogP contribution in [-0.2, 0) is 4.79 Å². The molecule has 0 aliphatic rings. The highest BCUT2D eigenvalue weighted by atomic mass is 16.5. The van der Waals surface area contributed by atoms with Gasteiger partial charge in [0, 0.05) is 23.1 Å². The van der Waals surface area contributed by atoms with Gasteiger partial charge in [-0.3, -0.25) is 4.79 Å². The Morgan fingerprint density at radius 3 is 2.18 bits per heavy atom. The van der Waals surface area contributed by atoms with Crippen molar-refractivity contribution in [3.8, 4) is 5.75 Å². The van der Waals surface area contributed by atoms with Crippen LogP contribution in [0.5, 0.6) is 5.75 Å². The number of allylic oxidation sites excluding steroid dienone is 1. The van der Waals surface area contributed by atoms with E-state index in [2.05, 4.69) is 11.4 Å². The summed E-state index contributed by atoms with van der Waals surface area (Å²) < 4.78 is 11.8. The number of benzene rings is 3. The number of carbonyl (C=O) groups excluding carboxylic acids is 1. The lowest BCUT2D eigenvalue weighted by Crippen LogP contribution is -2.27. The first-order valence-electron chi connectivity index (χ1n) is 11.2. The zero-order valence-corrected chi connectivity index (χ0v) is 19.5. The Morgan fingerprint density at radius 2 is 1.61 bits per heavy atom. The number of aryl methyl sites for hydroxylation is 2. The predicted molar refractivity (Wildman–Crippen MR) is 133 cm³/mol. The third-order valence-electron chi connectivity index (χ3n) is 5.90. The number of nitrogens with one attached hydrogen (secondary N) is 1. The number of ether oxygens (including phenoxy) is 1. The van der Waals surface area contributed by atoms with Crippen molar-refractivity contribution in [3.63, 3.8) is 0 Å². The molecule has 1 N–H and O–H groups in total. The number of furan rings is 1. The van der Waals surface area contributed by atoms with Gasteiger partial charge in [0.05, 0.1) is 12.6 Å². The molecule has 1 amide bonds. The summed E-state index contributed by atoms with van der Waals surface area (Å²) in [4.78, 5) is 13.1. The lowest BCUT2D eigenvalue weighted by atomic mass is 9.98. The van der Waals surface area contributed by atoms with Gasteiger partial charge in [-0.25, -0.2) is 0 Å². The first kappa shape index (κ1) is 22.4. The molecule has 0 fully saturated rings. The Bertz CT molecular complexity index is 1250. The minimum Gasteiger partial charge on any atom is -0.493 e. The zero-order valence-electron chi connectivity index (χ0n) is 19.5. The molecule has 168 valence electrons.